The van der Waals surface area contributed by atoms with Crippen LogP contribution < -0.4 is 10.4 Å². The van der Waals surface area contributed by atoms with Gasteiger partial charge in [0.1, 0.15) is 17.1 Å². The van der Waals surface area contributed by atoms with Gasteiger partial charge in [0.05, 0.1) is 7.11 Å². The van der Waals surface area contributed by atoms with E-state index in [0.29, 0.717) is 26.5 Å². The van der Waals surface area contributed by atoms with Gasteiger partial charge in [-0.15, -0.1) is 0 Å². The van der Waals surface area contributed by atoms with Crippen LogP contribution in [-0.4, -0.2) is 7.11 Å². The summed E-state index contributed by atoms with van der Waals surface area (Å²) < 4.78 is 24.1. The third-order valence-corrected chi connectivity index (χ3v) is 4.08. The van der Waals surface area contributed by atoms with Gasteiger partial charge in [0.2, 0.25) is 0 Å². The number of fused-ring (bicyclic) bond motifs is 1. The van der Waals surface area contributed by atoms with E-state index < -0.39 is 5.63 Å². The first kappa shape index (κ1) is 13.7. The Morgan fingerprint density at radius 3 is 2.67 bits per heavy atom. The molecule has 1 aromatic heterocycles. The van der Waals surface area contributed by atoms with Crippen molar-refractivity contribution in [3.63, 3.8) is 0 Å². The maximum Gasteiger partial charge on any atom is 0.337 e. The van der Waals surface area contributed by atoms with Crippen LogP contribution in [0.4, 0.5) is 4.39 Å². The van der Waals surface area contributed by atoms with E-state index in [4.69, 9.17) is 9.15 Å². The minimum absolute atomic E-state index is 0.327. The standard InChI is InChI=1S/C16H11FO3S/c1-19-10-6-7-13-11(8-10)15(9-16(18)20-13)21-14-5-3-2-4-12(14)17/h2-9H,1H3. The molecule has 0 saturated carbocycles. The Bertz CT molecular complexity index is 858. The van der Waals surface area contributed by atoms with Crippen LogP contribution in [0.25, 0.3) is 11.0 Å². The van der Waals surface area contributed by atoms with E-state index in [0.717, 1.165) is 0 Å². The normalized spacial score (nSPS) is 10.8. The molecule has 0 N–H and O–H groups in total. The number of methoxy groups -OCH3 is 1. The average molecular weight is 302 g/mol. The number of ether oxygens (including phenoxy) is 1. The number of benzene rings is 2. The quantitative estimate of drug-likeness (QED) is 0.683. The van der Waals surface area contributed by atoms with E-state index in [9.17, 15) is 9.18 Å². The van der Waals surface area contributed by atoms with Crippen molar-refractivity contribution in [2.24, 2.45) is 0 Å². The number of hydrogen-bond donors (Lipinski definition) is 0. The van der Waals surface area contributed by atoms with Crippen molar-refractivity contribution < 1.29 is 13.5 Å². The van der Waals surface area contributed by atoms with Crippen molar-refractivity contribution >= 4 is 22.7 Å². The molecule has 0 unspecified atom stereocenters. The lowest BCUT2D eigenvalue weighted by molar-refractivity contribution is 0.415. The predicted molar refractivity (Wildman–Crippen MR) is 79.6 cm³/mol. The Kier molecular flexibility index (Phi) is 3.66. The Morgan fingerprint density at radius 2 is 1.90 bits per heavy atom. The van der Waals surface area contributed by atoms with Crippen molar-refractivity contribution in [2.45, 2.75) is 9.79 Å². The molecule has 0 spiro atoms. The lowest BCUT2D eigenvalue weighted by atomic mass is 10.2. The monoisotopic (exact) mass is 302 g/mol. The molecule has 106 valence electrons. The highest BCUT2D eigenvalue weighted by molar-refractivity contribution is 7.99. The van der Waals surface area contributed by atoms with Gasteiger partial charge in [-0.25, -0.2) is 9.18 Å². The van der Waals surface area contributed by atoms with E-state index in [1.807, 2.05) is 0 Å². The van der Waals surface area contributed by atoms with Crippen LogP contribution in [0.1, 0.15) is 0 Å². The maximum atomic E-state index is 13.8. The van der Waals surface area contributed by atoms with E-state index >= 15 is 0 Å². The van der Waals surface area contributed by atoms with Gasteiger partial charge in [-0.05, 0) is 30.3 Å². The van der Waals surface area contributed by atoms with Crippen LogP contribution in [0.2, 0.25) is 0 Å². The second-order valence-corrected chi connectivity index (χ2v) is 5.41. The summed E-state index contributed by atoms with van der Waals surface area (Å²) in [7, 11) is 1.56. The van der Waals surface area contributed by atoms with E-state index in [2.05, 4.69) is 0 Å². The molecule has 0 aliphatic rings. The zero-order valence-electron chi connectivity index (χ0n) is 11.1. The largest absolute Gasteiger partial charge is 0.497 e. The van der Waals surface area contributed by atoms with Crippen LogP contribution in [-0.2, 0) is 0 Å². The second-order valence-electron chi connectivity index (χ2n) is 4.32. The third kappa shape index (κ3) is 2.78. The van der Waals surface area contributed by atoms with Gasteiger partial charge in [-0.2, -0.15) is 0 Å². The molecular formula is C16H11FO3S. The molecule has 3 rings (SSSR count). The summed E-state index contributed by atoms with van der Waals surface area (Å²) in [6, 6.07) is 12.9. The minimum Gasteiger partial charge on any atom is -0.497 e. The molecule has 2 aromatic carbocycles. The third-order valence-electron chi connectivity index (χ3n) is 2.97. The van der Waals surface area contributed by atoms with Gasteiger partial charge in [-0.3, -0.25) is 0 Å². The van der Waals surface area contributed by atoms with E-state index in [1.54, 1.807) is 43.5 Å². The Balaban J connectivity index is 2.16. The van der Waals surface area contributed by atoms with Gasteiger partial charge >= 0.3 is 5.63 Å². The van der Waals surface area contributed by atoms with Gasteiger partial charge in [0.25, 0.3) is 0 Å². The van der Waals surface area contributed by atoms with Crippen LogP contribution in [0.3, 0.4) is 0 Å². The molecule has 0 aliphatic heterocycles. The lowest BCUT2D eigenvalue weighted by Crippen LogP contribution is -1.98. The average Bonchev–Trinajstić information content (AvgIpc) is 2.49. The zero-order chi connectivity index (χ0) is 14.8. The highest BCUT2D eigenvalue weighted by Crippen LogP contribution is 2.35. The molecule has 0 saturated heterocycles. The van der Waals surface area contributed by atoms with E-state index in [1.165, 1.54) is 23.9 Å². The summed E-state index contributed by atoms with van der Waals surface area (Å²) in [6.45, 7) is 0. The summed E-state index contributed by atoms with van der Waals surface area (Å²) >= 11 is 1.19. The summed E-state index contributed by atoms with van der Waals surface area (Å²) in [6.07, 6.45) is 0. The van der Waals surface area contributed by atoms with Crippen molar-refractivity contribution in [3.8, 4) is 5.75 Å². The summed E-state index contributed by atoms with van der Waals surface area (Å²) in [4.78, 5) is 12.7. The Labute approximate surface area is 124 Å². The molecule has 5 heteroatoms. The van der Waals surface area contributed by atoms with Gasteiger partial charge < -0.3 is 9.15 Å². The number of halogens is 1. The van der Waals surface area contributed by atoms with E-state index in [-0.39, 0.29) is 5.82 Å². The first-order valence-corrected chi connectivity index (χ1v) is 7.03. The molecule has 0 atom stereocenters. The van der Waals surface area contributed by atoms with Gasteiger partial charge in [0.15, 0.2) is 0 Å². The fourth-order valence-corrected chi connectivity index (χ4v) is 2.94. The van der Waals surface area contributed by atoms with Crippen molar-refractivity contribution in [1.29, 1.82) is 0 Å². The summed E-state index contributed by atoms with van der Waals surface area (Å²) in [5.74, 6) is 0.318. The molecule has 21 heavy (non-hydrogen) atoms. The maximum absolute atomic E-state index is 13.8. The zero-order valence-corrected chi connectivity index (χ0v) is 11.9. The molecule has 0 bridgehead atoms. The highest BCUT2D eigenvalue weighted by Gasteiger charge is 2.10. The predicted octanol–water partition coefficient (Wildman–Crippen LogP) is 4.09. The molecular weight excluding hydrogens is 291 g/mol. The Hall–Kier alpha value is -2.27. The SMILES string of the molecule is COc1ccc2oc(=O)cc(Sc3ccccc3F)c2c1. The molecule has 3 nitrogen and oxygen atoms in total. The topological polar surface area (TPSA) is 39.4 Å². The molecule has 1 heterocycles. The number of hydrogen-bond acceptors (Lipinski definition) is 4. The smallest absolute Gasteiger partial charge is 0.337 e. The van der Waals surface area contributed by atoms with Crippen LogP contribution in [0.5, 0.6) is 5.75 Å². The lowest BCUT2D eigenvalue weighted by Gasteiger charge is -2.07. The summed E-state index contributed by atoms with van der Waals surface area (Å²) in [5, 5.41) is 0.710. The van der Waals surface area contributed by atoms with Crippen molar-refractivity contribution in [1.82, 2.24) is 0 Å². The minimum atomic E-state index is -0.466. The van der Waals surface area contributed by atoms with Crippen LogP contribution in [0, 0.1) is 5.82 Å². The molecule has 0 amide bonds. The van der Waals surface area contributed by atoms with Crippen molar-refractivity contribution in [3.05, 3.63) is 64.8 Å². The fourth-order valence-electron chi connectivity index (χ4n) is 1.97. The number of rotatable bonds is 3. The molecule has 0 fully saturated rings. The van der Waals surface area contributed by atoms with Crippen molar-refractivity contribution in [2.75, 3.05) is 7.11 Å². The van der Waals surface area contributed by atoms with Gasteiger partial charge in [0, 0.05) is 21.2 Å². The van der Waals surface area contributed by atoms with Crippen LogP contribution >= 0.6 is 11.8 Å². The van der Waals surface area contributed by atoms with Crippen LogP contribution in [0.15, 0.2) is 67.5 Å². The fraction of sp³-hybridized carbons (Fsp3) is 0.0625. The summed E-state index contributed by atoms with van der Waals surface area (Å²) in [5.41, 5.74) is -0.0198. The Morgan fingerprint density at radius 1 is 1.10 bits per heavy atom. The molecule has 0 radical (unpaired) electrons. The molecule has 3 aromatic rings. The first-order valence-electron chi connectivity index (χ1n) is 6.21. The first-order chi connectivity index (χ1) is 10.2. The highest BCUT2D eigenvalue weighted by atomic mass is 32.2. The van der Waals surface area contributed by atoms with Gasteiger partial charge in [-0.1, -0.05) is 23.9 Å². The molecule has 0 aliphatic carbocycles. The second kappa shape index (κ2) is 5.61.